The number of nitrogens with zero attached hydrogens (tertiary/aromatic N) is 6. The maximum Gasteiger partial charge on any atom is 0.233 e. The second kappa shape index (κ2) is 7.89. The van der Waals surface area contributed by atoms with Crippen LogP contribution in [0.5, 0.6) is 5.88 Å². The van der Waals surface area contributed by atoms with Gasteiger partial charge in [0.2, 0.25) is 5.88 Å². The van der Waals surface area contributed by atoms with Gasteiger partial charge in [-0.1, -0.05) is 16.8 Å². The maximum absolute atomic E-state index is 5.96. The number of hydrogen-bond acceptors (Lipinski definition) is 7. The first-order chi connectivity index (χ1) is 13.2. The minimum absolute atomic E-state index is 0.295. The molecular weight excluding hydrogens is 366 g/mol. The number of halogens is 1. The Kier molecular flexibility index (Phi) is 5.17. The lowest BCUT2D eigenvalue weighted by Gasteiger charge is -2.27. The summed E-state index contributed by atoms with van der Waals surface area (Å²) in [5.74, 6) is 1.34. The van der Waals surface area contributed by atoms with Crippen LogP contribution in [0.1, 0.15) is 11.4 Å². The van der Waals surface area contributed by atoms with Gasteiger partial charge in [0, 0.05) is 37.3 Å². The van der Waals surface area contributed by atoms with Crippen LogP contribution in [0.15, 0.2) is 36.4 Å². The molecule has 1 aromatic carbocycles. The summed E-state index contributed by atoms with van der Waals surface area (Å²) < 4.78 is 7.57. The molecule has 0 bridgehead atoms. The molecule has 140 valence electrons. The van der Waals surface area contributed by atoms with Gasteiger partial charge in [0.25, 0.3) is 0 Å². The van der Waals surface area contributed by atoms with E-state index in [1.165, 1.54) is 0 Å². The second-order valence-electron chi connectivity index (χ2n) is 6.27. The fraction of sp³-hybridized carbons (Fsp3) is 0.333. The Hall–Kier alpha value is -2.71. The van der Waals surface area contributed by atoms with E-state index < -0.39 is 0 Å². The van der Waals surface area contributed by atoms with Crippen molar-refractivity contribution in [3.63, 3.8) is 0 Å². The van der Waals surface area contributed by atoms with Crippen LogP contribution >= 0.6 is 11.6 Å². The first kappa shape index (κ1) is 17.7. The van der Waals surface area contributed by atoms with Crippen LogP contribution in [0.2, 0.25) is 5.02 Å². The summed E-state index contributed by atoms with van der Waals surface area (Å²) in [4.78, 5) is 2.21. The molecular formula is C18H20ClN7O. The molecule has 0 atom stereocenters. The molecule has 0 amide bonds. The van der Waals surface area contributed by atoms with Crippen LogP contribution in [0, 0.1) is 6.92 Å². The SMILES string of the molecule is Cc1nnn(-c2ccc(Cl)cc2)c1COc1ccc(N2CCNCC2)nn1. The van der Waals surface area contributed by atoms with E-state index in [0.29, 0.717) is 17.5 Å². The van der Waals surface area contributed by atoms with Gasteiger partial charge in [-0.3, -0.25) is 0 Å². The quantitative estimate of drug-likeness (QED) is 0.719. The van der Waals surface area contributed by atoms with Crippen LogP contribution < -0.4 is 15.0 Å². The highest BCUT2D eigenvalue weighted by Gasteiger charge is 2.14. The normalized spacial score (nSPS) is 14.4. The van der Waals surface area contributed by atoms with Gasteiger partial charge in [-0.25, -0.2) is 4.68 Å². The second-order valence-corrected chi connectivity index (χ2v) is 6.70. The van der Waals surface area contributed by atoms with Gasteiger partial charge < -0.3 is 15.0 Å². The van der Waals surface area contributed by atoms with Crippen LogP contribution in [0.3, 0.4) is 0 Å². The molecule has 2 aromatic heterocycles. The van der Waals surface area contributed by atoms with Crippen molar-refractivity contribution >= 4 is 17.4 Å². The number of hydrogen-bond donors (Lipinski definition) is 1. The van der Waals surface area contributed by atoms with Crippen molar-refractivity contribution in [1.29, 1.82) is 0 Å². The van der Waals surface area contributed by atoms with Crippen molar-refractivity contribution in [2.75, 3.05) is 31.1 Å². The Labute approximate surface area is 162 Å². The van der Waals surface area contributed by atoms with E-state index in [2.05, 4.69) is 30.7 Å². The zero-order valence-corrected chi connectivity index (χ0v) is 15.7. The van der Waals surface area contributed by atoms with Crippen molar-refractivity contribution in [2.24, 2.45) is 0 Å². The maximum atomic E-state index is 5.96. The zero-order chi connectivity index (χ0) is 18.6. The van der Waals surface area contributed by atoms with Crippen LogP contribution in [0.25, 0.3) is 5.69 Å². The third kappa shape index (κ3) is 4.01. The van der Waals surface area contributed by atoms with E-state index in [1.54, 1.807) is 4.68 Å². The molecule has 0 unspecified atom stereocenters. The van der Waals surface area contributed by atoms with Gasteiger partial charge in [0.05, 0.1) is 11.4 Å². The largest absolute Gasteiger partial charge is 0.470 e. The van der Waals surface area contributed by atoms with E-state index in [1.807, 2.05) is 43.3 Å². The van der Waals surface area contributed by atoms with Crippen molar-refractivity contribution in [3.8, 4) is 11.6 Å². The number of aryl methyl sites for hydroxylation is 1. The van der Waals surface area contributed by atoms with E-state index in [0.717, 1.165) is 49.1 Å². The van der Waals surface area contributed by atoms with Crippen molar-refractivity contribution in [1.82, 2.24) is 30.5 Å². The van der Waals surface area contributed by atoms with Crippen LogP contribution in [-0.4, -0.2) is 51.4 Å². The summed E-state index contributed by atoms with van der Waals surface area (Å²) in [6.07, 6.45) is 0. The minimum atomic E-state index is 0.295. The van der Waals surface area contributed by atoms with Crippen LogP contribution in [-0.2, 0) is 6.61 Å². The first-order valence-corrected chi connectivity index (χ1v) is 9.18. The topological polar surface area (TPSA) is 81.0 Å². The van der Waals surface area contributed by atoms with E-state index in [9.17, 15) is 0 Å². The third-order valence-electron chi connectivity index (χ3n) is 4.45. The van der Waals surface area contributed by atoms with Crippen LogP contribution in [0.4, 0.5) is 5.82 Å². The number of nitrogens with one attached hydrogen (secondary N) is 1. The molecule has 1 aliphatic rings. The Morgan fingerprint density at radius 3 is 2.52 bits per heavy atom. The molecule has 1 fully saturated rings. The average molecular weight is 386 g/mol. The molecule has 27 heavy (non-hydrogen) atoms. The highest BCUT2D eigenvalue weighted by Crippen LogP contribution is 2.18. The number of ether oxygens (including phenoxy) is 1. The lowest BCUT2D eigenvalue weighted by molar-refractivity contribution is 0.281. The van der Waals surface area contributed by atoms with Gasteiger partial charge in [0.1, 0.15) is 12.3 Å². The van der Waals surface area contributed by atoms with Gasteiger partial charge in [-0.2, -0.15) is 0 Å². The van der Waals surface area contributed by atoms with Gasteiger partial charge in [-0.05, 0) is 37.3 Å². The smallest absolute Gasteiger partial charge is 0.233 e. The molecule has 8 nitrogen and oxygen atoms in total. The Morgan fingerprint density at radius 1 is 1.04 bits per heavy atom. The highest BCUT2D eigenvalue weighted by atomic mass is 35.5. The van der Waals surface area contributed by atoms with E-state index in [4.69, 9.17) is 16.3 Å². The molecule has 1 aliphatic heterocycles. The molecule has 3 heterocycles. The summed E-state index contributed by atoms with van der Waals surface area (Å²) >= 11 is 5.96. The molecule has 0 aliphatic carbocycles. The molecule has 4 rings (SSSR count). The Balaban J connectivity index is 1.46. The number of anilines is 1. The molecule has 1 N–H and O–H groups in total. The molecule has 3 aromatic rings. The monoisotopic (exact) mass is 385 g/mol. The summed E-state index contributed by atoms with van der Waals surface area (Å²) in [6, 6.07) is 11.2. The number of rotatable bonds is 5. The van der Waals surface area contributed by atoms with E-state index >= 15 is 0 Å². The standard InChI is InChI=1S/C18H20ClN7O/c1-13-16(26(24-21-13)15-4-2-14(19)3-5-15)12-27-18-7-6-17(22-23-18)25-10-8-20-9-11-25/h2-7,20H,8-12H2,1H3. The van der Waals surface area contributed by atoms with Crippen molar-refractivity contribution in [2.45, 2.75) is 13.5 Å². The van der Waals surface area contributed by atoms with Gasteiger partial charge >= 0.3 is 0 Å². The zero-order valence-electron chi connectivity index (χ0n) is 15.0. The fourth-order valence-corrected chi connectivity index (χ4v) is 3.05. The molecule has 0 saturated carbocycles. The van der Waals surface area contributed by atoms with Crippen molar-refractivity contribution in [3.05, 3.63) is 52.8 Å². The lowest BCUT2D eigenvalue weighted by atomic mass is 10.3. The average Bonchev–Trinajstić information content (AvgIpc) is 3.08. The highest BCUT2D eigenvalue weighted by molar-refractivity contribution is 6.30. The lowest BCUT2D eigenvalue weighted by Crippen LogP contribution is -2.43. The number of aromatic nitrogens is 5. The summed E-state index contributed by atoms with van der Waals surface area (Å²) in [6.45, 7) is 5.97. The van der Waals surface area contributed by atoms with Gasteiger partial charge in [0.15, 0.2) is 5.82 Å². The molecule has 0 radical (unpaired) electrons. The number of piperazine rings is 1. The number of benzene rings is 1. The first-order valence-electron chi connectivity index (χ1n) is 8.80. The Morgan fingerprint density at radius 2 is 1.81 bits per heavy atom. The van der Waals surface area contributed by atoms with Gasteiger partial charge in [-0.15, -0.1) is 15.3 Å². The minimum Gasteiger partial charge on any atom is -0.470 e. The Bertz CT molecular complexity index is 889. The predicted octanol–water partition coefficient (Wildman–Crippen LogP) is 2.01. The van der Waals surface area contributed by atoms with Crippen molar-refractivity contribution < 1.29 is 4.74 Å². The molecule has 9 heteroatoms. The molecule has 1 saturated heterocycles. The molecule has 0 spiro atoms. The predicted molar refractivity (Wildman–Crippen MR) is 103 cm³/mol. The summed E-state index contributed by atoms with van der Waals surface area (Å²) in [7, 11) is 0. The summed E-state index contributed by atoms with van der Waals surface area (Å²) in [5.41, 5.74) is 2.53. The van der Waals surface area contributed by atoms with E-state index in [-0.39, 0.29) is 0 Å². The summed E-state index contributed by atoms with van der Waals surface area (Å²) in [5, 5.41) is 20.8. The third-order valence-corrected chi connectivity index (χ3v) is 4.70. The fourth-order valence-electron chi connectivity index (χ4n) is 2.93.